The van der Waals surface area contributed by atoms with E-state index >= 15 is 0 Å². The van der Waals surface area contributed by atoms with Gasteiger partial charge in [0.05, 0.1) is 34.6 Å². The number of Topliss-reactive ketones (excluding diaryl/α,β-unsaturated/α-hetero) is 2. The van der Waals surface area contributed by atoms with Crippen molar-refractivity contribution < 1.29 is 87.5 Å². The van der Waals surface area contributed by atoms with E-state index in [2.05, 4.69) is 83.9 Å². The van der Waals surface area contributed by atoms with Crippen molar-refractivity contribution >= 4 is 22.9 Å². The van der Waals surface area contributed by atoms with Crippen molar-refractivity contribution in [1.82, 2.24) is 21.3 Å². The Morgan fingerprint density at radius 1 is 0.565 bits per heavy atom. The van der Waals surface area contributed by atoms with Crippen molar-refractivity contribution in [2.45, 2.75) is 53.6 Å². The number of rotatable bonds is 8. The van der Waals surface area contributed by atoms with E-state index in [-0.39, 0.29) is 23.7 Å². The first-order valence-electron chi connectivity index (χ1n) is 19.6. The molecule has 0 saturated heterocycles. The van der Waals surface area contributed by atoms with Crippen molar-refractivity contribution in [3.8, 4) is 11.5 Å². The Bertz CT molecular complexity index is 2160. The van der Waals surface area contributed by atoms with Crippen LogP contribution in [-0.2, 0) is 9.59 Å². The number of fused-ring (bicyclic) bond motifs is 6. The number of ketones is 2. The summed E-state index contributed by atoms with van der Waals surface area (Å²) in [6.45, 7) is 15.3. The number of hydrogen-bond acceptors (Lipinski definition) is 16. The monoisotopic (exact) mass is 898 g/mol. The summed E-state index contributed by atoms with van der Waals surface area (Å²) in [7, 11) is -9.89. The van der Waals surface area contributed by atoms with Crippen LogP contribution in [0.1, 0.15) is 38.8 Å². The number of carbonyl (C=O) groups excluding carboxylic acids is 2. The molecule has 18 nitrogen and oxygen atoms in total. The molecule has 0 saturated carbocycles. The van der Waals surface area contributed by atoms with Crippen LogP contribution in [-0.4, -0.2) is 49.8 Å². The van der Waals surface area contributed by atoms with Gasteiger partial charge in [0.1, 0.15) is 0 Å². The summed E-state index contributed by atoms with van der Waals surface area (Å²) in [5.41, 5.74) is 10.9. The summed E-state index contributed by atoms with van der Waals surface area (Å²) in [4.78, 5) is 26.3. The van der Waals surface area contributed by atoms with Crippen LogP contribution in [0.2, 0.25) is 0 Å². The van der Waals surface area contributed by atoms with Crippen LogP contribution < -0.4 is 78.6 Å². The van der Waals surface area contributed by atoms with Crippen molar-refractivity contribution in [2.75, 3.05) is 26.2 Å². The summed E-state index contributed by atoms with van der Waals surface area (Å²) in [6.07, 6.45) is 12.0. The van der Waals surface area contributed by atoms with E-state index in [0.29, 0.717) is 24.5 Å². The fourth-order valence-corrected chi connectivity index (χ4v) is 7.37. The fourth-order valence-electron chi connectivity index (χ4n) is 7.37. The van der Waals surface area contributed by atoms with E-state index in [4.69, 9.17) is 46.7 Å². The van der Waals surface area contributed by atoms with Gasteiger partial charge < -0.3 is 30.7 Å². The van der Waals surface area contributed by atoms with Gasteiger partial charge in [-0.05, 0) is 99.5 Å². The molecule has 8 rings (SSSR count). The highest BCUT2D eigenvalue weighted by Crippen LogP contribution is 2.39. The zero-order chi connectivity index (χ0) is 45.5. The number of ether oxygens (including phenoxy) is 2. The summed E-state index contributed by atoms with van der Waals surface area (Å²) >= 11 is 0. The molecule has 20 heteroatoms. The molecule has 2 atom stereocenters. The van der Waals surface area contributed by atoms with Crippen LogP contribution in [0.5, 0.6) is 11.5 Å². The number of carbonyl (C=O) groups is 2. The molecular weight excluding hydrogens is 851 g/mol. The number of hydrogen-bond donors (Lipinski definition) is 6. The molecule has 0 aromatic heterocycles. The molecule has 4 aliphatic carbocycles. The Kier molecular flexibility index (Phi) is 15.9. The lowest BCUT2D eigenvalue weighted by Gasteiger charge is -2.31. The molecule has 2 aromatic rings. The molecule has 62 heavy (non-hydrogen) atoms. The second-order valence-corrected chi connectivity index (χ2v) is 15.7. The predicted molar refractivity (Wildman–Crippen MR) is 202 cm³/mol. The summed E-state index contributed by atoms with van der Waals surface area (Å²) in [5.74, 6) is 3.24. The first kappa shape index (κ1) is 48.0. The highest BCUT2D eigenvalue weighted by molar-refractivity contribution is 6.14. The molecule has 2 unspecified atom stereocenters. The minimum Gasteiger partial charge on any atom is -0.445 e. The molecule has 2 aliphatic heterocycles. The Morgan fingerprint density at radius 2 is 0.919 bits per heavy atom. The van der Waals surface area contributed by atoms with Crippen molar-refractivity contribution in [3.05, 3.63) is 141 Å². The van der Waals surface area contributed by atoms with Gasteiger partial charge in [0.2, 0.25) is 11.6 Å². The maximum atomic E-state index is 13.2. The number of nitrogens with one attached hydrogen (secondary N) is 4. The molecule has 0 amide bonds. The van der Waals surface area contributed by atoms with Gasteiger partial charge in [-0.2, -0.15) is 0 Å². The number of likely N-dealkylation sites (N-methyl/N-ethyl adjacent to an activating group) is 4. The zero-order valence-electron chi connectivity index (χ0n) is 34.7. The van der Waals surface area contributed by atoms with Gasteiger partial charge in [-0.1, -0.05) is 38.1 Å². The van der Waals surface area contributed by atoms with Crippen LogP contribution in [0.4, 0.5) is 11.4 Å². The van der Waals surface area contributed by atoms with Crippen LogP contribution in [0.3, 0.4) is 0 Å². The average Bonchev–Trinajstić information content (AvgIpc) is 3.18. The van der Waals surface area contributed by atoms with Gasteiger partial charge in [-0.3, -0.25) is 20.2 Å². The van der Waals surface area contributed by atoms with Gasteiger partial charge in [-0.25, -0.2) is 37.3 Å². The Labute approximate surface area is 362 Å². The largest absolute Gasteiger partial charge is 0.445 e. The molecule has 0 fully saturated rings. The first-order valence-corrected chi connectivity index (χ1v) is 22.0. The number of benzene rings is 2. The number of nitrogens with two attached hydrogens (primary N) is 2. The van der Waals surface area contributed by atoms with E-state index in [1.165, 1.54) is 11.1 Å². The SMILES string of the molecule is CCNC1=CC=C2C(=C3[NH2+]c4cc(C)ccc4OC3=CC2NCC)C1=O.CCNC1=CC=C2C(=C3[NH2+]c4cc(C)ccc4OC3=CC2NCC)C1=O.[O-][Cl+3]([O-])([O-])[O-].[O-][Cl+3]([O-])([O-])[O-]. The molecule has 0 radical (unpaired) electrons. The highest BCUT2D eigenvalue weighted by atomic mass is 35.7. The number of allylic oxidation sites excluding steroid dienone is 6. The van der Waals surface area contributed by atoms with E-state index in [9.17, 15) is 9.59 Å². The lowest BCUT2D eigenvalue weighted by molar-refractivity contribution is -2.00. The van der Waals surface area contributed by atoms with Gasteiger partial charge in [0, 0.05) is 25.2 Å². The minimum absolute atomic E-state index is 0.0301. The van der Waals surface area contributed by atoms with E-state index in [0.717, 1.165) is 81.2 Å². The third-order valence-electron chi connectivity index (χ3n) is 9.71. The molecular formula is C42H48Cl2N6O12. The fraction of sp³-hybridized carbons (Fsp3) is 0.286. The number of halogens is 2. The maximum Gasteiger partial charge on any atom is 0.215 e. The second-order valence-electron chi connectivity index (χ2n) is 14.2. The minimum atomic E-state index is -4.94. The Morgan fingerprint density at radius 3 is 1.24 bits per heavy atom. The van der Waals surface area contributed by atoms with E-state index in [1.54, 1.807) is 0 Å². The predicted octanol–water partition coefficient (Wildman–Crippen LogP) is -6.08. The van der Waals surface area contributed by atoms with E-state index < -0.39 is 20.5 Å². The number of aryl methyl sites for hydroxylation is 2. The van der Waals surface area contributed by atoms with Crippen LogP contribution >= 0.6 is 0 Å². The lowest BCUT2D eigenvalue weighted by atomic mass is 9.83. The molecule has 2 heterocycles. The van der Waals surface area contributed by atoms with Crippen molar-refractivity contribution in [2.24, 2.45) is 0 Å². The molecule has 0 spiro atoms. The second kappa shape index (κ2) is 20.5. The standard InChI is InChI=1S/2C21H23N3O2.2ClHO4/c2*1-4-22-14-8-7-13-15(23-5-2)11-18-20(19(13)21(14)25)24-16-10-12(3)6-9-17(16)26-18;2*2-1(3,4)5/h2*6-11,15,22-24H,4-5H2,1-3H3;2*(H,2,3,4,5). The average molecular weight is 900 g/mol. The van der Waals surface area contributed by atoms with Crippen molar-refractivity contribution in [3.63, 3.8) is 0 Å². The van der Waals surface area contributed by atoms with Gasteiger partial charge >= 0.3 is 0 Å². The summed E-state index contributed by atoms with van der Waals surface area (Å²) < 4.78 is 80.3. The van der Waals surface area contributed by atoms with Crippen LogP contribution in [0.25, 0.3) is 0 Å². The van der Waals surface area contributed by atoms with Gasteiger partial charge in [-0.15, -0.1) is 20.5 Å². The quantitative estimate of drug-likeness (QED) is 0.134. The normalized spacial score (nSPS) is 19.5. The lowest BCUT2D eigenvalue weighted by Crippen LogP contribution is -2.79. The van der Waals surface area contributed by atoms with Crippen LogP contribution in [0, 0.1) is 34.3 Å². The van der Waals surface area contributed by atoms with Gasteiger partial charge in [0.15, 0.2) is 45.8 Å². The summed E-state index contributed by atoms with van der Waals surface area (Å²) in [6, 6.07) is 12.2. The Hall–Kier alpha value is -5.00. The van der Waals surface area contributed by atoms with Crippen LogP contribution in [0.15, 0.2) is 129 Å². The van der Waals surface area contributed by atoms with Gasteiger partial charge in [0.25, 0.3) is 0 Å². The molecule has 6 aliphatic rings. The topological polar surface area (TPSA) is 318 Å². The number of quaternary nitrogens is 2. The molecule has 2 aromatic carbocycles. The first-order chi connectivity index (χ1) is 29.2. The molecule has 0 bridgehead atoms. The third-order valence-corrected chi connectivity index (χ3v) is 9.71. The maximum absolute atomic E-state index is 13.2. The molecule has 332 valence electrons. The van der Waals surface area contributed by atoms with Crippen molar-refractivity contribution in [1.29, 1.82) is 0 Å². The molecule has 8 N–H and O–H groups in total. The smallest absolute Gasteiger partial charge is 0.215 e. The zero-order valence-corrected chi connectivity index (χ0v) is 36.2. The summed E-state index contributed by atoms with van der Waals surface area (Å²) in [5, 5.41) is 17.4. The Balaban J connectivity index is 0.000000193. The van der Waals surface area contributed by atoms with E-state index in [1.807, 2.05) is 62.4 Å². The highest BCUT2D eigenvalue weighted by Gasteiger charge is 2.41. The third kappa shape index (κ3) is 12.1.